The van der Waals surface area contributed by atoms with Gasteiger partial charge in [0, 0.05) is 13.1 Å². The van der Waals surface area contributed by atoms with Crippen LogP contribution in [0.3, 0.4) is 0 Å². The molecule has 1 aliphatic heterocycles. The summed E-state index contributed by atoms with van der Waals surface area (Å²) in [7, 11) is 0. The Morgan fingerprint density at radius 1 is 1.26 bits per heavy atom. The van der Waals surface area contributed by atoms with Crippen molar-refractivity contribution in [3.63, 3.8) is 0 Å². The number of carboxylic acid groups (broad SMARTS) is 1. The minimum absolute atomic E-state index is 0.0690. The van der Waals surface area contributed by atoms with E-state index in [1.54, 1.807) is 0 Å². The number of aliphatic hydroxyl groups excluding tert-OH is 2. The van der Waals surface area contributed by atoms with Gasteiger partial charge in [0.25, 0.3) is 0 Å². The molecule has 3 atom stereocenters. The summed E-state index contributed by atoms with van der Waals surface area (Å²) in [6, 6.07) is 9.95. The van der Waals surface area contributed by atoms with Crippen LogP contribution in [-0.2, 0) is 4.79 Å². The van der Waals surface area contributed by atoms with Crippen molar-refractivity contribution in [3.8, 4) is 0 Å². The van der Waals surface area contributed by atoms with Gasteiger partial charge in [0.05, 0.1) is 24.7 Å². The van der Waals surface area contributed by atoms with Crippen LogP contribution >= 0.6 is 0 Å². The lowest BCUT2D eigenvalue weighted by molar-refractivity contribution is -0.153. The molecule has 1 aromatic rings. The van der Waals surface area contributed by atoms with E-state index in [1.165, 1.54) is 5.56 Å². The first-order chi connectivity index (χ1) is 11.1. The SMILES string of the molecule is O=C(O)[C@]12CC[C@H](c3ccccc3)C[C@H]1CN(C(CO)CO)C2. The lowest BCUT2D eigenvalue weighted by atomic mass is 9.64. The average Bonchev–Trinajstić information content (AvgIpc) is 2.96. The summed E-state index contributed by atoms with van der Waals surface area (Å²) in [4.78, 5) is 14.0. The van der Waals surface area contributed by atoms with E-state index in [2.05, 4.69) is 12.1 Å². The van der Waals surface area contributed by atoms with Gasteiger partial charge in [-0.1, -0.05) is 30.3 Å². The quantitative estimate of drug-likeness (QED) is 0.762. The molecule has 0 bridgehead atoms. The number of likely N-dealkylation sites (tertiary alicyclic amines) is 1. The summed E-state index contributed by atoms with van der Waals surface area (Å²) in [5.74, 6) is -0.263. The van der Waals surface area contributed by atoms with Gasteiger partial charge in [0.1, 0.15) is 0 Å². The monoisotopic (exact) mass is 319 g/mol. The van der Waals surface area contributed by atoms with E-state index < -0.39 is 11.4 Å². The smallest absolute Gasteiger partial charge is 0.311 e. The Morgan fingerprint density at radius 3 is 2.57 bits per heavy atom. The molecule has 1 saturated carbocycles. The molecule has 0 amide bonds. The number of carboxylic acids is 1. The molecule has 0 radical (unpaired) electrons. The number of aliphatic hydroxyl groups is 2. The fourth-order valence-corrected chi connectivity index (χ4v) is 4.43. The first-order valence-corrected chi connectivity index (χ1v) is 8.35. The molecule has 2 fully saturated rings. The van der Waals surface area contributed by atoms with Crippen molar-refractivity contribution in [2.75, 3.05) is 26.3 Å². The van der Waals surface area contributed by atoms with Crippen LogP contribution in [0.5, 0.6) is 0 Å². The van der Waals surface area contributed by atoms with Gasteiger partial charge in [0.15, 0.2) is 0 Å². The number of hydrogen-bond donors (Lipinski definition) is 3. The third kappa shape index (κ3) is 2.89. The summed E-state index contributed by atoms with van der Waals surface area (Å²) in [6.07, 6.45) is 2.40. The van der Waals surface area contributed by atoms with Crippen LogP contribution in [0.2, 0.25) is 0 Å². The molecular formula is C18H25NO4. The van der Waals surface area contributed by atoms with E-state index in [9.17, 15) is 20.1 Å². The van der Waals surface area contributed by atoms with Gasteiger partial charge < -0.3 is 15.3 Å². The number of carbonyl (C=O) groups is 1. The van der Waals surface area contributed by atoms with Crippen LogP contribution in [0, 0.1) is 11.3 Å². The molecule has 2 aliphatic rings. The van der Waals surface area contributed by atoms with Crippen molar-refractivity contribution >= 4 is 5.97 Å². The van der Waals surface area contributed by atoms with Crippen molar-refractivity contribution in [3.05, 3.63) is 35.9 Å². The maximum absolute atomic E-state index is 12.0. The van der Waals surface area contributed by atoms with Gasteiger partial charge >= 0.3 is 5.97 Å². The first kappa shape index (κ1) is 16.4. The van der Waals surface area contributed by atoms with Gasteiger partial charge in [-0.05, 0) is 36.7 Å². The Kier molecular flexibility index (Phi) is 4.71. The summed E-state index contributed by atoms with van der Waals surface area (Å²) < 4.78 is 0. The van der Waals surface area contributed by atoms with Gasteiger partial charge in [-0.25, -0.2) is 0 Å². The zero-order valence-corrected chi connectivity index (χ0v) is 13.3. The van der Waals surface area contributed by atoms with Crippen molar-refractivity contribution in [2.24, 2.45) is 11.3 Å². The van der Waals surface area contributed by atoms with Crippen molar-refractivity contribution < 1.29 is 20.1 Å². The lowest BCUT2D eigenvalue weighted by Gasteiger charge is -2.39. The average molecular weight is 319 g/mol. The molecule has 5 heteroatoms. The Hall–Kier alpha value is -1.43. The molecule has 1 saturated heterocycles. The molecule has 0 spiro atoms. The highest BCUT2D eigenvalue weighted by atomic mass is 16.4. The molecule has 126 valence electrons. The Bertz CT molecular complexity index is 545. The number of benzene rings is 1. The second kappa shape index (κ2) is 6.59. The van der Waals surface area contributed by atoms with Crippen molar-refractivity contribution in [1.82, 2.24) is 4.90 Å². The van der Waals surface area contributed by atoms with E-state index in [0.29, 0.717) is 25.4 Å². The van der Waals surface area contributed by atoms with Crippen LogP contribution in [0.1, 0.15) is 30.7 Å². The predicted molar refractivity (Wildman–Crippen MR) is 86.1 cm³/mol. The minimum Gasteiger partial charge on any atom is -0.481 e. The molecule has 0 aromatic heterocycles. The standard InChI is InChI=1S/C18H25NO4/c20-10-16(11-21)19-9-15-8-14(13-4-2-1-3-5-13)6-7-18(15,12-19)17(22)23/h1-5,14-16,20-21H,6-12H2,(H,22,23)/t14-,15-,18-/m0/s1. The van der Waals surface area contributed by atoms with Gasteiger partial charge in [-0.3, -0.25) is 9.69 Å². The summed E-state index contributed by atoms with van der Waals surface area (Å²) in [5.41, 5.74) is 0.555. The molecule has 3 N–H and O–H groups in total. The molecule has 5 nitrogen and oxygen atoms in total. The zero-order valence-electron chi connectivity index (χ0n) is 13.3. The third-order valence-electron chi connectivity index (χ3n) is 5.86. The Labute approximate surface area is 136 Å². The van der Waals surface area contributed by atoms with Crippen molar-refractivity contribution in [2.45, 2.75) is 31.2 Å². The highest BCUT2D eigenvalue weighted by Gasteiger charge is 2.55. The Morgan fingerprint density at radius 2 is 1.96 bits per heavy atom. The van der Waals surface area contributed by atoms with Crippen LogP contribution in [0.15, 0.2) is 30.3 Å². The number of aliphatic carboxylic acids is 1. The second-order valence-electron chi connectivity index (χ2n) is 6.99. The highest BCUT2D eigenvalue weighted by molar-refractivity contribution is 5.76. The number of fused-ring (bicyclic) bond motifs is 1. The maximum atomic E-state index is 12.0. The van der Waals surface area contributed by atoms with E-state index >= 15 is 0 Å². The summed E-state index contributed by atoms with van der Waals surface area (Å²) >= 11 is 0. The van der Waals surface area contributed by atoms with Crippen LogP contribution in [-0.4, -0.2) is 58.5 Å². The summed E-state index contributed by atoms with van der Waals surface area (Å²) in [5, 5.41) is 28.7. The van der Waals surface area contributed by atoms with E-state index in [1.807, 2.05) is 23.1 Å². The first-order valence-electron chi connectivity index (χ1n) is 8.35. The largest absolute Gasteiger partial charge is 0.481 e. The van der Waals surface area contributed by atoms with Crippen molar-refractivity contribution in [1.29, 1.82) is 0 Å². The molecule has 1 aromatic carbocycles. The van der Waals surface area contributed by atoms with E-state index in [-0.39, 0.29) is 25.2 Å². The van der Waals surface area contributed by atoms with Gasteiger partial charge in [0.2, 0.25) is 0 Å². The second-order valence-corrected chi connectivity index (χ2v) is 6.99. The molecule has 1 aliphatic carbocycles. The molecule has 23 heavy (non-hydrogen) atoms. The molecule has 3 rings (SSSR count). The summed E-state index contributed by atoms with van der Waals surface area (Å²) in [6.45, 7) is 0.795. The zero-order chi connectivity index (χ0) is 16.4. The van der Waals surface area contributed by atoms with Gasteiger partial charge in [-0.15, -0.1) is 0 Å². The highest BCUT2D eigenvalue weighted by Crippen LogP contribution is 2.51. The van der Waals surface area contributed by atoms with Crippen LogP contribution in [0.25, 0.3) is 0 Å². The van der Waals surface area contributed by atoms with Crippen LogP contribution in [0.4, 0.5) is 0 Å². The van der Waals surface area contributed by atoms with Gasteiger partial charge in [-0.2, -0.15) is 0 Å². The topological polar surface area (TPSA) is 81.0 Å². The molecular weight excluding hydrogens is 294 g/mol. The Balaban J connectivity index is 1.81. The fourth-order valence-electron chi connectivity index (χ4n) is 4.43. The third-order valence-corrected chi connectivity index (χ3v) is 5.86. The molecule has 0 unspecified atom stereocenters. The predicted octanol–water partition coefficient (Wildman–Crippen LogP) is 1.31. The fraction of sp³-hybridized carbons (Fsp3) is 0.611. The van der Waals surface area contributed by atoms with E-state index in [4.69, 9.17) is 0 Å². The van der Waals surface area contributed by atoms with Crippen LogP contribution < -0.4 is 0 Å². The van der Waals surface area contributed by atoms with E-state index in [0.717, 1.165) is 12.8 Å². The number of rotatable bonds is 5. The normalized spacial score (nSPS) is 31.3. The minimum atomic E-state index is -0.730. The lowest BCUT2D eigenvalue weighted by Crippen LogP contribution is -2.44. The number of nitrogens with zero attached hydrogens (tertiary/aromatic N) is 1. The molecule has 1 heterocycles. The maximum Gasteiger partial charge on any atom is 0.311 e. The number of hydrogen-bond acceptors (Lipinski definition) is 4.